The average Bonchev–Trinajstić information content (AvgIpc) is 3.36. The molecule has 5 nitrogen and oxygen atoms in total. The minimum absolute atomic E-state index is 0.101. The van der Waals surface area contributed by atoms with Gasteiger partial charge in [-0.2, -0.15) is 0 Å². The van der Waals surface area contributed by atoms with Crippen molar-refractivity contribution in [3.63, 3.8) is 0 Å². The number of fused-ring (bicyclic) bond motifs is 1. The molecule has 0 N–H and O–H groups in total. The summed E-state index contributed by atoms with van der Waals surface area (Å²) in [6, 6.07) is 7.74. The number of aromatic nitrogens is 2. The van der Waals surface area contributed by atoms with Crippen LogP contribution in [0.4, 0.5) is 0 Å². The Kier molecular flexibility index (Phi) is 8.93. The Labute approximate surface area is 194 Å². The van der Waals surface area contributed by atoms with Gasteiger partial charge in [0.2, 0.25) is 5.91 Å². The van der Waals surface area contributed by atoms with Crippen molar-refractivity contribution in [2.45, 2.75) is 46.0 Å². The monoisotopic (exact) mass is 461 g/mol. The van der Waals surface area contributed by atoms with Crippen LogP contribution in [0.15, 0.2) is 35.8 Å². The van der Waals surface area contributed by atoms with E-state index in [0.29, 0.717) is 19.7 Å². The van der Waals surface area contributed by atoms with Gasteiger partial charge in [-0.1, -0.05) is 50.4 Å². The molecule has 1 aromatic carbocycles. The normalized spacial score (nSPS) is 12.4. The molecule has 2 aromatic heterocycles. The van der Waals surface area contributed by atoms with Crippen molar-refractivity contribution >= 4 is 33.8 Å². The Morgan fingerprint density at radius 2 is 2.03 bits per heavy atom. The smallest absolute Gasteiger partial charge is 0.225 e. The predicted molar refractivity (Wildman–Crippen MR) is 129 cm³/mol. The average molecular weight is 462 g/mol. The molecule has 2 heterocycles. The number of carbonyl (C=O) groups excluding carboxylic acids is 1. The maximum atomic E-state index is 13.2. The summed E-state index contributed by atoms with van der Waals surface area (Å²) >= 11 is 7.64. The minimum atomic E-state index is 0.101. The van der Waals surface area contributed by atoms with Crippen LogP contribution in [0, 0.1) is 5.92 Å². The predicted octanol–water partition coefficient (Wildman–Crippen LogP) is 5.95. The highest BCUT2D eigenvalue weighted by Crippen LogP contribution is 2.25. The number of rotatable bonds is 12. The summed E-state index contributed by atoms with van der Waals surface area (Å²) in [5.41, 5.74) is 3.15. The van der Waals surface area contributed by atoms with Crippen LogP contribution >= 0.6 is 22.9 Å². The third-order valence-corrected chi connectivity index (χ3v) is 6.83. The molecule has 0 fully saturated rings. The number of amides is 1. The molecule has 1 unspecified atom stereocenters. The molecule has 0 saturated heterocycles. The first-order valence-electron chi connectivity index (χ1n) is 11.1. The highest BCUT2D eigenvalue weighted by Gasteiger charge is 2.22. The highest BCUT2D eigenvalue weighted by atomic mass is 35.5. The third-order valence-electron chi connectivity index (χ3n) is 5.69. The van der Waals surface area contributed by atoms with E-state index in [4.69, 9.17) is 21.3 Å². The summed E-state index contributed by atoms with van der Waals surface area (Å²) < 4.78 is 7.41. The summed E-state index contributed by atoms with van der Waals surface area (Å²) in [5.74, 6) is 0.357. The van der Waals surface area contributed by atoms with E-state index >= 15 is 0 Å². The summed E-state index contributed by atoms with van der Waals surface area (Å²) in [7, 11) is 1.68. The van der Waals surface area contributed by atoms with Gasteiger partial charge in [0.15, 0.2) is 4.96 Å². The van der Waals surface area contributed by atoms with E-state index in [-0.39, 0.29) is 11.8 Å². The number of imidazole rings is 1. The molecule has 0 aliphatic carbocycles. The van der Waals surface area contributed by atoms with Gasteiger partial charge in [-0.3, -0.25) is 9.20 Å². The molecule has 0 radical (unpaired) electrons. The second-order valence-electron chi connectivity index (χ2n) is 7.83. The van der Waals surface area contributed by atoms with Gasteiger partial charge in [-0.15, -0.1) is 11.3 Å². The molecule has 0 bridgehead atoms. The summed E-state index contributed by atoms with van der Waals surface area (Å²) in [5, 5.41) is 2.86. The first-order valence-corrected chi connectivity index (χ1v) is 12.3. The third kappa shape index (κ3) is 6.09. The van der Waals surface area contributed by atoms with Crippen molar-refractivity contribution in [3.8, 4) is 11.3 Å². The fourth-order valence-corrected chi connectivity index (χ4v) is 4.80. The van der Waals surface area contributed by atoms with Crippen molar-refractivity contribution in [3.05, 3.63) is 46.6 Å². The van der Waals surface area contributed by atoms with E-state index in [1.54, 1.807) is 18.4 Å². The van der Waals surface area contributed by atoms with Gasteiger partial charge in [0.1, 0.15) is 0 Å². The van der Waals surface area contributed by atoms with E-state index in [0.717, 1.165) is 53.3 Å². The van der Waals surface area contributed by atoms with E-state index in [9.17, 15) is 4.79 Å². The number of nitrogens with zero attached hydrogens (tertiary/aromatic N) is 3. The number of carbonyl (C=O) groups is 1. The van der Waals surface area contributed by atoms with Crippen molar-refractivity contribution in [2.24, 2.45) is 5.92 Å². The molecule has 3 aromatic rings. The van der Waals surface area contributed by atoms with Gasteiger partial charge in [0.25, 0.3) is 0 Å². The van der Waals surface area contributed by atoms with Crippen molar-refractivity contribution in [1.82, 2.24) is 14.3 Å². The number of hydrogen-bond donors (Lipinski definition) is 0. The number of unbranched alkanes of at least 4 members (excludes halogenated alkanes) is 1. The van der Waals surface area contributed by atoms with Gasteiger partial charge < -0.3 is 9.64 Å². The van der Waals surface area contributed by atoms with E-state index in [1.165, 1.54) is 5.69 Å². The quantitative estimate of drug-likeness (QED) is 0.335. The molecule has 3 rings (SSSR count). The second kappa shape index (κ2) is 11.7. The molecule has 168 valence electrons. The van der Waals surface area contributed by atoms with Crippen molar-refractivity contribution < 1.29 is 9.53 Å². The number of benzene rings is 1. The number of ether oxygens (including phenoxy) is 1. The molecular weight excluding hydrogens is 430 g/mol. The van der Waals surface area contributed by atoms with Crippen LogP contribution in [0.1, 0.15) is 45.2 Å². The SMILES string of the molecule is CCCCC(CC)C(=O)N(CCOC)CCc1csc2nc(-c3ccc(Cl)cc3)cn12. The molecule has 1 amide bonds. The van der Waals surface area contributed by atoms with Crippen LogP contribution in [0.3, 0.4) is 0 Å². The topological polar surface area (TPSA) is 46.8 Å². The highest BCUT2D eigenvalue weighted by molar-refractivity contribution is 7.15. The fraction of sp³-hybridized carbons (Fsp3) is 0.500. The Morgan fingerprint density at radius 3 is 2.71 bits per heavy atom. The van der Waals surface area contributed by atoms with Crippen LogP contribution in [0.2, 0.25) is 5.02 Å². The first-order chi connectivity index (χ1) is 15.1. The van der Waals surface area contributed by atoms with Gasteiger partial charge in [0.05, 0.1) is 12.3 Å². The van der Waals surface area contributed by atoms with Crippen molar-refractivity contribution in [1.29, 1.82) is 0 Å². The molecule has 7 heteroatoms. The minimum Gasteiger partial charge on any atom is -0.383 e. The second-order valence-corrected chi connectivity index (χ2v) is 9.10. The number of hydrogen-bond acceptors (Lipinski definition) is 4. The maximum Gasteiger partial charge on any atom is 0.225 e. The number of methoxy groups -OCH3 is 1. The van der Waals surface area contributed by atoms with Crippen LogP contribution in [0.5, 0.6) is 0 Å². The zero-order chi connectivity index (χ0) is 22.2. The van der Waals surface area contributed by atoms with Gasteiger partial charge >= 0.3 is 0 Å². The summed E-state index contributed by atoms with van der Waals surface area (Å²) in [6.07, 6.45) is 6.92. The van der Waals surface area contributed by atoms with Gasteiger partial charge in [-0.25, -0.2) is 4.98 Å². The number of halogens is 1. The fourth-order valence-electron chi connectivity index (χ4n) is 3.76. The zero-order valence-electron chi connectivity index (χ0n) is 18.6. The van der Waals surface area contributed by atoms with Gasteiger partial charge in [-0.05, 0) is 25.0 Å². The Balaban J connectivity index is 1.73. The van der Waals surface area contributed by atoms with E-state index in [1.807, 2.05) is 29.2 Å². The Hall–Kier alpha value is -1.89. The van der Waals surface area contributed by atoms with E-state index < -0.39 is 0 Å². The summed E-state index contributed by atoms with van der Waals surface area (Å²) in [6.45, 7) is 6.15. The van der Waals surface area contributed by atoms with Crippen LogP contribution < -0.4 is 0 Å². The van der Waals surface area contributed by atoms with Crippen LogP contribution in [0.25, 0.3) is 16.2 Å². The lowest BCUT2D eigenvalue weighted by Crippen LogP contribution is -2.39. The maximum absolute atomic E-state index is 13.2. The van der Waals surface area contributed by atoms with Crippen LogP contribution in [-0.4, -0.2) is 47.0 Å². The lowest BCUT2D eigenvalue weighted by atomic mass is 9.97. The number of thiazole rings is 1. The molecule has 0 saturated carbocycles. The first kappa shape index (κ1) is 23.8. The molecule has 1 atom stereocenters. The largest absolute Gasteiger partial charge is 0.383 e. The molecular formula is C24H32ClN3O2S. The molecule has 0 spiro atoms. The lowest BCUT2D eigenvalue weighted by molar-refractivity contribution is -0.136. The zero-order valence-corrected chi connectivity index (χ0v) is 20.2. The lowest BCUT2D eigenvalue weighted by Gasteiger charge is -2.27. The standard InChI is InChI=1S/C24H32ClN3O2S/c1-4-6-7-18(5-2)23(29)27(14-15-30-3)13-12-21-17-31-24-26-22(16-28(21)24)19-8-10-20(25)11-9-19/h8-11,16-18H,4-7,12-15H2,1-3H3. The Bertz CT molecular complexity index is 967. The van der Waals surface area contributed by atoms with E-state index in [2.05, 4.69) is 29.8 Å². The Morgan fingerprint density at radius 1 is 1.26 bits per heavy atom. The summed E-state index contributed by atoms with van der Waals surface area (Å²) in [4.78, 5) is 20.9. The molecule has 0 aliphatic heterocycles. The molecule has 0 aliphatic rings. The van der Waals surface area contributed by atoms with Crippen LogP contribution in [-0.2, 0) is 16.0 Å². The van der Waals surface area contributed by atoms with Gasteiger partial charge in [0, 0.05) is 60.4 Å². The van der Waals surface area contributed by atoms with Crippen molar-refractivity contribution in [2.75, 3.05) is 26.8 Å². The molecule has 31 heavy (non-hydrogen) atoms.